The molecule has 0 aliphatic rings. The van der Waals surface area contributed by atoms with E-state index in [-0.39, 0.29) is 0 Å². The zero-order chi connectivity index (χ0) is 6.95. The second-order valence-corrected chi connectivity index (χ2v) is 2.13. The number of nitrogens with zero attached hydrogens (tertiary/aromatic N) is 2. The zero-order valence-electron chi connectivity index (χ0n) is 5.49. The Labute approximate surface area is 57.9 Å². The van der Waals surface area contributed by atoms with Crippen LogP contribution in [-0.4, -0.2) is 16.1 Å². The van der Waals surface area contributed by atoms with Gasteiger partial charge in [0.25, 0.3) is 0 Å². The zero-order valence-corrected chi connectivity index (χ0v) is 6.64. The van der Waals surface area contributed by atoms with E-state index in [1.165, 1.54) is 12.5 Å². The third kappa shape index (κ3) is 7.51. The summed E-state index contributed by atoms with van der Waals surface area (Å²) in [6.45, 7) is 2.09. The molecule has 1 unspecified atom stereocenters. The van der Waals surface area contributed by atoms with Crippen LogP contribution in [0.5, 0.6) is 0 Å². The highest BCUT2D eigenvalue weighted by molar-refractivity contribution is 7.16. The second-order valence-electron chi connectivity index (χ2n) is 1.31. The Morgan fingerprint density at radius 3 is 1.89 bits per heavy atom. The minimum atomic E-state index is 1.17. The molecule has 9 heavy (non-hydrogen) atoms. The maximum absolute atomic E-state index is 3.67. The predicted molar refractivity (Wildman–Crippen MR) is 42.3 cm³/mol. The summed E-state index contributed by atoms with van der Waals surface area (Å²) < 4.78 is 0. The molecule has 0 spiro atoms. The van der Waals surface area contributed by atoms with Gasteiger partial charge in [-0.05, 0) is 12.2 Å². The van der Waals surface area contributed by atoms with E-state index >= 15 is 0 Å². The third-order valence-corrected chi connectivity index (χ3v) is 0.478. The molecule has 0 bridgehead atoms. The van der Waals surface area contributed by atoms with Gasteiger partial charge in [0, 0.05) is 12.4 Å². The molecule has 1 atom stereocenters. The molecule has 0 saturated heterocycles. The Hall–Kier alpha value is -0.490. The highest BCUT2D eigenvalue weighted by Crippen LogP contribution is 1.68. The van der Waals surface area contributed by atoms with E-state index in [0.29, 0.717) is 0 Å². The van der Waals surface area contributed by atoms with Crippen molar-refractivity contribution >= 4 is 9.24 Å². The summed E-state index contributed by atoms with van der Waals surface area (Å²) in [6, 6.07) is 1.78. The molecule has 0 radical (unpaired) electrons. The van der Waals surface area contributed by atoms with Crippen LogP contribution >= 0.6 is 9.24 Å². The van der Waals surface area contributed by atoms with Gasteiger partial charge in [-0.3, -0.25) is 0 Å². The first-order chi connectivity index (χ1) is 4.41. The lowest BCUT2D eigenvalue weighted by Gasteiger charge is -1.70. The van der Waals surface area contributed by atoms with E-state index in [1.54, 1.807) is 18.5 Å². The van der Waals surface area contributed by atoms with Crippen LogP contribution in [0.4, 0.5) is 0 Å². The molecule has 0 amide bonds. The van der Waals surface area contributed by atoms with E-state index in [9.17, 15) is 0 Å². The van der Waals surface area contributed by atoms with Crippen LogP contribution in [0.15, 0.2) is 24.8 Å². The standard InChI is InChI=1S/C4H4N2.C2H7P/c1-2-5-4-6-3-1;1-2-3/h1-4H;2-3H2,1H3. The largest absolute Gasteiger partial charge is 0.245 e. The van der Waals surface area contributed by atoms with Crippen molar-refractivity contribution in [1.29, 1.82) is 0 Å². The molecule has 1 aromatic rings. The van der Waals surface area contributed by atoms with E-state index in [4.69, 9.17) is 0 Å². The molecule has 1 aromatic heterocycles. The average Bonchev–Trinajstić information content (AvgIpc) is 1.93. The lowest BCUT2D eigenvalue weighted by atomic mass is 10.7. The lowest BCUT2D eigenvalue weighted by Crippen LogP contribution is -1.66. The fourth-order valence-corrected chi connectivity index (χ4v) is 0.253. The smallest absolute Gasteiger partial charge is 0.115 e. The van der Waals surface area contributed by atoms with Gasteiger partial charge in [-0.15, -0.1) is 9.24 Å². The van der Waals surface area contributed by atoms with Crippen molar-refractivity contribution in [1.82, 2.24) is 9.97 Å². The number of rotatable bonds is 0. The summed E-state index contributed by atoms with van der Waals surface area (Å²) in [6.07, 6.45) is 6.04. The Kier molecular flexibility index (Phi) is 7.10. The molecular weight excluding hydrogens is 131 g/mol. The fourth-order valence-electron chi connectivity index (χ4n) is 0.253. The summed E-state index contributed by atoms with van der Waals surface area (Å²) in [5, 5.41) is 0. The van der Waals surface area contributed by atoms with Crippen LogP contribution in [0.1, 0.15) is 6.92 Å². The van der Waals surface area contributed by atoms with Gasteiger partial charge >= 0.3 is 0 Å². The minimum absolute atomic E-state index is 1.17. The minimum Gasteiger partial charge on any atom is -0.245 e. The molecule has 0 aromatic carbocycles. The number of hydrogen-bond donors (Lipinski definition) is 0. The first-order valence-corrected chi connectivity index (χ1v) is 3.63. The molecule has 1 heterocycles. The first kappa shape index (κ1) is 8.51. The van der Waals surface area contributed by atoms with Gasteiger partial charge in [-0.25, -0.2) is 9.97 Å². The van der Waals surface area contributed by atoms with E-state index in [0.717, 1.165) is 0 Å². The van der Waals surface area contributed by atoms with Crippen molar-refractivity contribution in [3.05, 3.63) is 24.8 Å². The maximum Gasteiger partial charge on any atom is 0.115 e. The van der Waals surface area contributed by atoms with Crippen molar-refractivity contribution in [3.63, 3.8) is 0 Å². The van der Waals surface area contributed by atoms with Gasteiger partial charge in [0.05, 0.1) is 0 Å². The molecule has 1 rings (SSSR count). The van der Waals surface area contributed by atoms with E-state index in [2.05, 4.69) is 26.1 Å². The van der Waals surface area contributed by atoms with E-state index in [1.807, 2.05) is 0 Å². The molecule has 3 heteroatoms. The molecule has 0 N–H and O–H groups in total. The Morgan fingerprint density at radius 2 is 1.78 bits per heavy atom. The molecule has 0 fully saturated rings. The number of hydrogen-bond acceptors (Lipinski definition) is 2. The number of aromatic nitrogens is 2. The van der Waals surface area contributed by atoms with Crippen LogP contribution in [0.25, 0.3) is 0 Å². The molecule has 0 aliphatic heterocycles. The SMILES string of the molecule is CCP.c1cncnc1. The van der Waals surface area contributed by atoms with Gasteiger partial charge in [-0.1, -0.05) is 6.92 Å². The third-order valence-electron chi connectivity index (χ3n) is 0.478. The predicted octanol–water partition coefficient (Wildman–Crippen LogP) is 1.36. The quantitative estimate of drug-likeness (QED) is 0.511. The van der Waals surface area contributed by atoms with Crippen LogP contribution in [-0.2, 0) is 0 Å². The summed E-state index contributed by atoms with van der Waals surface area (Å²) in [5.74, 6) is 0. The summed E-state index contributed by atoms with van der Waals surface area (Å²) >= 11 is 0. The second kappa shape index (κ2) is 7.51. The normalized spacial score (nSPS) is 7.33. The van der Waals surface area contributed by atoms with Crippen molar-refractivity contribution in [2.75, 3.05) is 6.16 Å². The van der Waals surface area contributed by atoms with Crippen molar-refractivity contribution in [2.45, 2.75) is 6.92 Å². The van der Waals surface area contributed by atoms with Gasteiger partial charge in [0.2, 0.25) is 0 Å². The Morgan fingerprint density at radius 1 is 1.33 bits per heavy atom. The van der Waals surface area contributed by atoms with Gasteiger partial charge in [0.15, 0.2) is 0 Å². The van der Waals surface area contributed by atoms with Crippen molar-refractivity contribution in [3.8, 4) is 0 Å². The van der Waals surface area contributed by atoms with Crippen LogP contribution in [0.2, 0.25) is 0 Å². The van der Waals surface area contributed by atoms with Gasteiger partial charge in [0.1, 0.15) is 6.33 Å². The average molecular weight is 142 g/mol. The van der Waals surface area contributed by atoms with Crippen LogP contribution < -0.4 is 0 Å². The Bertz CT molecular complexity index is 93.9. The maximum atomic E-state index is 3.67. The lowest BCUT2D eigenvalue weighted by molar-refractivity contribution is 1.17. The summed E-state index contributed by atoms with van der Waals surface area (Å²) in [7, 11) is 2.58. The summed E-state index contributed by atoms with van der Waals surface area (Å²) in [4.78, 5) is 7.35. The first-order valence-electron chi connectivity index (χ1n) is 2.81. The van der Waals surface area contributed by atoms with E-state index < -0.39 is 0 Å². The molecule has 2 nitrogen and oxygen atoms in total. The fraction of sp³-hybridized carbons (Fsp3) is 0.333. The summed E-state index contributed by atoms with van der Waals surface area (Å²) in [5.41, 5.74) is 0. The highest BCUT2D eigenvalue weighted by atomic mass is 31.0. The molecule has 0 aliphatic carbocycles. The van der Waals surface area contributed by atoms with Crippen molar-refractivity contribution in [2.24, 2.45) is 0 Å². The van der Waals surface area contributed by atoms with Crippen LogP contribution in [0, 0.1) is 0 Å². The van der Waals surface area contributed by atoms with Gasteiger partial charge in [-0.2, -0.15) is 0 Å². The van der Waals surface area contributed by atoms with Crippen LogP contribution in [0.3, 0.4) is 0 Å². The highest BCUT2D eigenvalue weighted by Gasteiger charge is 1.59. The molecular formula is C6H11N2P. The van der Waals surface area contributed by atoms with Gasteiger partial charge < -0.3 is 0 Å². The molecule has 0 saturated carbocycles. The monoisotopic (exact) mass is 142 g/mol. The topological polar surface area (TPSA) is 25.8 Å². The van der Waals surface area contributed by atoms with Crippen molar-refractivity contribution < 1.29 is 0 Å². The Balaban J connectivity index is 0.000000187. The molecule has 50 valence electrons.